The van der Waals surface area contributed by atoms with E-state index in [2.05, 4.69) is 15.3 Å². The maximum absolute atomic E-state index is 12.4. The van der Waals surface area contributed by atoms with Crippen LogP contribution in [0.4, 0.5) is 0 Å². The number of rotatable bonds is 4. The second-order valence-corrected chi connectivity index (χ2v) is 6.03. The number of esters is 1. The summed E-state index contributed by atoms with van der Waals surface area (Å²) in [4.78, 5) is 12.4. The molecule has 26 heavy (non-hydrogen) atoms. The fourth-order valence-electron chi connectivity index (χ4n) is 3.25. The lowest BCUT2D eigenvalue weighted by Crippen LogP contribution is -2.11. The topological polar surface area (TPSA) is 123 Å². The van der Waals surface area contributed by atoms with E-state index in [-0.39, 0.29) is 5.84 Å². The Balaban J connectivity index is 1.90. The molecule has 0 bridgehead atoms. The number of aromatic amines is 1. The van der Waals surface area contributed by atoms with E-state index < -0.39 is 5.97 Å². The first kappa shape index (κ1) is 16.1. The van der Waals surface area contributed by atoms with E-state index in [0.717, 1.165) is 34.6 Å². The Labute approximate surface area is 149 Å². The van der Waals surface area contributed by atoms with Gasteiger partial charge in [0.05, 0.1) is 24.2 Å². The molecule has 0 unspecified atom stereocenters. The molecule has 3 aromatic rings. The summed E-state index contributed by atoms with van der Waals surface area (Å²) in [5.41, 5.74) is 10.9. The first-order valence-corrected chi connectivity index (χ1v) is 8.36. The highest BCUT2D eigenvalue weighted by atomic mass is 16.5. The van der Waals surface area contributed by atoms with Crippen molar-refractivity contribution >= 4 is 11.8 Å². The maximum atomic E-state index is 12.4. The molecule has 0 spiro atoms. The molecular weight excluding hydrogens is 332 g/mol. The molecule has 132 valence electrons. The van der Waals surface area contributed by atoms with Crippen LogP contribution < -0.4 is 5.73 Å². The number of H-pyrrole nitrogens is 1. The van der Waals surface area contributed by atoms with Gasteiger partial charge in [-0.2, -0.15) is 10.2 Å². The molecule has 0 radical (unpaired) electrons. The second-order valence-electron chi connectivity index (χ2n) is 6.03. The van der Waals surface area contributed by atoms with Crippen molar-refractivity contribution in [2.75, 3.05) is 6.61 Å². The van der Waals surface area contributed by atoms with Gasteiger partial charge in [-0.3, -0.25) is 10.5 Å². The van der Waals surface area contributed by atoms with Crippen molar-refractivity contribution in [1.29, 1.82) is 5.41 Å². The Hall–Kier alpha value is -3.42. The van der Waals surface area contributed by atoms with Crippen molar-refractivity contribution in [3.05, 3.63) is 53.0 Å². The number of carbonyl (C=O) groups excluding carboxylic acids is 1. The number of hydrogen-bond donors (Lipinski definition) is 3. The molecule has 1 aliphatic carbocycles. The number of fused-ring (bicyclic) bond motifs is 3. The van der Waals surface area contributed by atoms with Crippen molar-refractivity contribution in [2.24, 2.45) is 5.73 Å². The summed E-state index contributed by atoms with van der Waals surface area (Å²) in [6.45, 7) is 2.07. The lowest BCUT2D eigenvalue weighted by atomic mass is 9.94. The molecule has 8 nitrogen and oxygen atoms in total. The van der Waals surface area contributed by atoms with Crippen LogP contribution in [-0.2, 0) is 17.6 Å². The van der Waals surface area contributed by atoms with Crippen LogP contribution in [0.1, 0.15) is 34.2 Å². The van der Waals surface area contributed by atoms with Gasteiger partial charge in [0.25, 0.3) is 0 Å². The standard InChI is InChI=1S/C18H18N6O2/c1-2-26-18(25)15-12-7-8-14-13(9-21-22-14)16(12)24(23-15)11-5-3-10(4-6-11)17(19)20/h3-6,9H,2,7-8H2,1H3,(H3,19,20)(H,21,22). The van der Waals surface area contributed by atoms with E-state index in [1.165, 1.54) is 0 Å². The summed E-state index contributed by atoms with van der Waals surface area (Å²) in [6, 6.07) is 7.17. The normalized spacial score (nSPS) is 12.3. The molecule has 2 aromatic heterocycles. The smallest absolute Gasteiger partial charge is 0.359 e. The minimum Gasteiger partial charge on any atom is -0.461 e. The van der Waals surface area contributed by atoms with Crippen LogP contribution in [0.2, 0.25) is 0 Å². The zero-order valence-electron chi connectivity index (χ0n) is 14.2. The Morgan fingerprint density at radius 1 is 1.35 bits per heavy atom. The van der Waals surface area contributed by atoms with E-state index >= 15 is 0 Å². The van der Waals surface area contributed by atoms with Crippen LogP contribution in [0.15, 0.2) is 30.5 Å². The fourth-order valence-corrected chi connectivity index (χ4v) is 3.25. The number of amidine groups is 1. The summed E-state index contributed by atoms with van der Waals surface area (Å²) in [6.07, 6.45) is 3.21. The number of hydrogen-bond acceptors (Lipinski definition) is 5. The van der Waals surface area contributed by atoms with Gasteiger partial charge in [-0.15, -0.1) is 0 Å². The van der Waals surface area contributed by atoms with Gasteiger partial charge < -0.3 is 10.5 Å². The minimum atomic E-state index is -0.421. The molecule has 0 saturated heterocycles. The molecule has 0 amide bonds. The van der Waals surface area contributed by atoms with Gasteiger partial charge in [0.2, 0.25) is 0 Å². The number of nitrogens with zero attached hydrogens (tertiary/aromatic N) is 3. The number of benzene rings is 1. The van der Waals surface area contributed by atoms with E-state index in [1.54, 1.807) is 29.9 Å². The third-order valence-electron chi connectivity index (χ3n) is 4.47. The molecule has 1 aromatic carbocycles. The predicted molar refractivity (Wildman–Crippen MR) is 95.5 cm³/mol. The van der Waals surface area contributed by atoms with Crippen LogP contribution in [0.3, 0.4) is 0 Å². The lowest BCUT2D eigenvalue weighted by molar-refractivity contribution is 0.0517. The Morgan fingerprint density at radius 3 is 2.81 bits per heavy atom. The highest BCUT2D eigenvalue weighted by Crippen LogP contribution is 2.36. The van der Waals surface area contributed by atoms with Gasteiger partial charge in [-0.1, -0.05) is 0 Å². The van der Waals surface area contributed by atoms with Gasteiger partial charge in [-0.05, 0) is 44.0 Å². The number of nitrogen functional groups attached to an aromatic ring is 1. The third-order valence-corrected chi connectivity index (χ3v) is 4.47. The molecule has 4 rings (SSSR count). The van der Waals surface area contributed by atoms with E-state index in [1.807, 2.05) is 12.1 Å². The van der Waals surface area contributed by atoms with Crippen molar-refractivity contribution in [1.82, 2.24) is 20.0 Å². The van der Waals surface area contributed by atoms with Crippen molar-refractivity contribution in [2.45, 2.75) is 19.8 Å². The van der Waals surface area contributed by atoms with Gasteiger partial charge in [0.15, 0.2) is 5.69 Å². The first-order chi connectivity index (χ1) is 12.6. The Morgan fingerprint density at radius 2 is 2.12 bits per heavy atom. The van der Waals surface area contributed by atoms with Crippen molar-refractivity contribution in [3.63, 3.8) is 0 Å². The fraction of sp³-hybridized carbons (Fsp3) is 0.222. The van der Waals surface area contributed by atoms with Crippen LogP contribution in [0.25, 0.3) is 16.9 Å². The van der Waals surface area contributed by atoms with Crippen molar-refractivity contribution in [3.8, 4) is 16.9 Å². The van der Waals surface area contributed by atoms with Crippen LogP contribution in [0.5, 0.6) is 0 Å². The van der Waals surface area contributed by atoms with Crippen LogP contribution in [0, 0.1) is 5.41 Å². The summed E-state index contributed by atoms with van der Waals surface area (Å²) in [5.74, 6) is -0.418. The first-order valence-electron chi connectivity index (χ1n) is 8.36. The van der Waals surface area contributed by atoms with Crippen LogP contribution >= 0.6 is 0 Å². The van der Waals surface area contributed by atoms with Gasteiger partial charge in [-0.25, -0.2) is 9.48 Å². The molecule has 0 fully saturated rings. The SMILES string of the molecule is CCOC(=O)c1nn(-c2ccc(C(=N)N)cc2)c2c1CCc1[nH]ncc1-2. The number of nitrogens with one attached hydrogen (secondary N) is 2. The Bertz CT molecular complexity index is 999. The zero-order chi connectivity index (χ0) is 18.3. The zero-order valence-corrected chi connectivity index (χ0v) is 14.2. The van der Waals surface area contributed by atoms with Gasteiger partial charge in [0.1, 0.15) is 5.84 Å². The predicted octanol–water partition coefficient (Wildman–Crippen LogP) is 1.82. The third kappa shape index (κ3) is 2.46. The molecular formula is C18H18N6O2. The van der Waals surface area contributed by atoms with E-state index in [9.17, 15) is 4.79 Å². The highest BCUT2D eigenvalue weighted by molar-refractivity contribution is 5.95. The summed E-state index contributed by atoms with van der Waals surface area (Å²) in [5, 5.41) is 19.2. The summed E-state index contributed by atoms with van der Waals surface area (Å²) in [7, 11) is 0. The second kappa shape index (κ2) is 6.14. The quantitative estimate of drug-likeness (QED) is 0.376. The average Bonchev–Trinajstić information content (AvgIpc) is 3.26. The molecule has 4 N–H and O–H groups in total. The van der Waals surface area contributed by atoms with Crippen molar-refractivity contribution < 1.29 is 9.53 Å². The van der Waals surface area contributed by atoms with E-state index in [4.69, 9.17) is 15.9 Å². The monoisotopic (exact) mass is 350 g/mol. The van der Waals surface area contributed by atoms with Gasteiger partial charge in [0, 0.05) is 22.4 Å². The molecule has 8 heteroatoms. The van der Waals surface area contributed by atoms with Crippen LogP contribution in [-0.4, -0.2) is 38.4 Å². The largest absolute Gasteiger partial charge is 0.461 e. The minimum absolute atomic E-state index is 0.00313. The number of ether oxygens (including phenoxy) is 1. The Kier molecular flexibility index (Phi) is 3.80. The van der Waals surface area contributed by atoms with E-state index in [0.29, 0.717) is 24.3 Å². The molecule has 0 atom stereocenters. The lowest BCUT2D eigenvalue weighted by Gasteiger charge is -2.14. The molecule has 0 aliphatic heterocycles. The number of carbonyl (C=O) groups is 1. The summed E-state index contributed by atoms with van der Waals surface area (Å²) >= 11 is 0. The number of aryl methyl sites for hydroxylation is 1. The summed E-state index contributed by atoms with van der Waals surface area (Å²) < 4.78 is 6.92. The number of nitrogens with two attached hydrogens (primary N) is 1. The highest BCUT2D eigenvalue weighted by Gasteiger charge is 2.30. The molecule has 0 saturated carbocycles. The maximum Gasteiger partial charge on any atom is 0.359 e. The van der Waals surface area contributed by atoms with Gasteiger partial charge >= 0.3 is 5.97 Å². The number of aromatic nitrogens is 4. The molecule has 2 heterocycles. The average molecular weight is 350 g/mol. The molecule has 1 aliphatic rings.